The number of para-hydroxylation sites is 1. The van der Waals surface area contributed by atoms with Crippen molar-refractivity contribution in [3.05, 3.63) is 75.6 Å². The van der Waals surface area contributed by atoms with Gasteiger partial charge in [-0.2, -0.15) is 0 Å². The van der Waals surface area contributed by atoms with Crippen molar-refractivity contribution in [3.63, 3.8) is 0 Å². The highest BCUT2D eigenvalue weighted by molar-refractivity contribution is 5.84. The van der Waals surface area contributed by atoms with E-state index in [1.165, 1.54) is 0 Å². The minimum absolute atomic E-state index is 0.00919. The van der Waals surface area contributed by atoms with Crippen LogP contribution in [0.1, 0.15) is 29.5 Å². The van der Waals surface area contributed by atoms with Crippen molar-refractivity contribution < 1.29 is 9.52 Å². The summed E-state index contributed by atoms with van der Waals surface area (Å²) in [5, 5.41) is 11.0. The van der Waals surface area contributed by atoms with Crippen molar-refractivity contribution in [2.45, 2.75) is 19.8 Å². The topological polar surface area (TPSA) is 50.4 Å². The lowest BCUT2D eigenvalue weighted by Gasteiger charge is -2.14. The second-order valence-corrected chi connectivity index (χ2v) is 5.28. The Labute approximate surface area is 122 Å². The minimum Gasteiger partial charge on any atom is -0.507 e. The predicted octanol–water partition coefficient (Wildman–Crippen LogP) is 3.96. The molecular formula is C18H16O3. The third-order valence-corrected chi connectivity index (χ3v) is 3.83. The number of aromatic hydroxyl groups is 1. The standard InChI is InChI=1S/C18H16O3/c1-11-7-9-13(10-8-11)12(2)16-17(19)14-5-3-4-6-15(14)21-18(16)20/h3-10,12,19H,1-2H3. The molecule has 1 aromatic heterocycles. The smallest absolute Gasteiger partial charge is 0.343 e. The van der Waals surface area contributed by atoms with Gasteiger partial charge in [0.1, 0.15) is 11.3 Å². The first-order chi connectivity index (χ1) is 10.1. The normalized spacial score (nSPS) is 12.5. The summed E-state index contributed by atoms with van der Waals surface area (Å²) in [4.78, 5) is 12.2. The molecule has 0 saturated carbocycles. The first-order valence-electron chi connectivity index (χ1n) is 6.89. The van der Waals surface area contributed by atoms with Crippen molar-refractivity contribution in [1.29, 1.82) is 0 Å². The monoisotopic (exact) mass is 280 g/mol. The van der Waals surface area contributed by atoms with E-state index < -0.39 is 5.63 Å². The van der Waals surface area contributed by atoms with Crippen LogP contribution in [0, 0.1) is 6.92 Å². The van der Waals surface area contributed by atoms with Crippen LogP contribution in [0.5, 0.6) is 5.75 Å². The maximum Gasteiger partial charge on any atom is 0.343 e. The number of benzene rings is 2. The quantitative estimate of drug-likeness (QED) is 0.723. The Bertz CT molecular complexity index is 844. The van der Waals surface area contributed by atoms with Crippen molar-refractivity contribution >= 4 is 11.0 Å². The molecule has 106 valence electrons. The van der Waals surface area contributed by atoms with Gasteiger partial charge in [0.2, 0.25) is 0 Å². The Hall–Kier alpha value is -2.55. The molecule has 2 aromatic carbocycles. The van der Waals surface area contributed by atoms with E-state index in [1.807, 2.05) is 44.2 Å². The van der Waals surface area contributed by atoms with Gasteiger partial charge in [-0.1, -0.05) is 48.9 Å². The molecule has 0 amide bonds. The predicted molar refractivity (Wildman–Crippen MR) is 82.8 cm³/mol. The fourth-order valence-electron chi connectivity index (χ4n) is 2.55. The minimum atomic E-state index is -0.487. The van der Waals surface area contributed by atoms with Crippen LogP contribution < -0.4 is 5.63 Å². The van der Waals surface area contributed by atoms with Gasteiger partial charge in [-0.15, -0.1) is 0 Å². The van der Waals surface area contributed by atoms with Crippen LogP contribution in [0.3, 0.4) is 0 Å². The Morgan fingerprint density at radius 2 is 1.71 bits per heavy atom. The third-order valence-electron chi connectivity index (χ3n) is 3.83. The second-order valence-electron chi connectivity index (χ2n) is 5.28. The van der Waals surface area contributed by atoms with E-state index >= 15 is 0 Å². The molecule has 0 fully saturated rings. The summed E-state index contributed by atoms with van der Waals surface area (Å²) >= 11 is 0. The molecular weight excluding hydrogens is 264 g/mol. The lowest BCUT2D eigenvalue weighted by Crippen LogP contribution is -2.12. The third kappa shape index (κ3) is 2.31. The van der Waals surface area contributed by atoms with Gasteiger partial charge in [0.05, 0.1) is 10.9 Å². The maximum atomic E-state index is 12.2. The first kappa shape index (κ1) is 13.4. The van der Waals surface area contributed by atoms with Crippen LogP contribution in [-0.4, -0.2) is 5.11 Å². The van der Waals surface area contributed by atoms with Gasteiger partial charge >= 0.3 is 5.63 Å². The molecule has 0 radical (unpaired) electrons. The van der Waals surface area contributed by atoms with E-state index in [0.717, 1.165) is 11.1 Å². The van der Waals surface area contributed by atoms with Crippen LogP contribution in [0.25, 0.3) is 11.0 Å². The van der Waals surface area contributed by atoms with Gasteiger partial charge in [0.25, 0.3) is 0 Å². The molecule has 0 aliphatic carbocycles. The lowest BCUT2D eigenvalue weighted by molar-refractivity contribution is 0.453. The van der Waals surface area contributed by atoms with Gasteiger partial charge in [0, 0.05) is 5.92 Å². The second kappa shape index (κ2) is 5.09. The number of aryl methyl sites for hydroxylation is 1. The van der Waals surface area contributed by atoms with E-state index in [0.29, 0.717) is 16.5 Å². The highest BCUT2D eigenvalue weighted by Crippen LogP contribution is 2.33. The highest BCUT2D eigenvalue weighted by Gasteiger charge is 2.20. The summed E-state index contributed by atoms with van der Waals surface area (Å²) in [6, 6.07) is 14.9. The van der Waals surface area contributed by atoms with E-state index in [2.05, 4.69) is 0 Å². The fourth-order valence-corrected chi connectivity index (χ4v) is 2.55. The zero-order valence-electron chi connectivity index (χ0n) is 12.0. The summed E-state index contributed by atoms with van der Waals surface area (Å²) in [7, 11) is 0. The molecule has 1 unspecified atom stereocenters. The summed E-state index contributed by atoms with van der Waals surface area (Å²) in [6.45, 7) is 3.90. The average molecular weight is 280 g/mol. The lowest BCUT2D eigenvalue weighted by atomic mass is 9.92. The Morgan fingerprint density at radius 3 is 2.43 bits per heavy atom. The zero-order chi connectivity index (χ0) is 15.0. The highest BCUT2D eigenvalue weighted by atomic mass is 16.4. The summed E-state index contributed by atoms with van der Waals surface area (Å²) in [6.07, 6.45) is 0. The van der Waals surface area contributed by atoms with Gasteiger partial charge < -0.3 is 9.52 Å². The molecule has 0 bridgehead atoms. The molecule has 0 aliphatic heterocycles. The number of fused-ring (bicyclic) bond motifs is 1. The number of hydrogen-bond donors (Lipinski definition) is 1. The Kier molecular flexibility index (Phi) is 3.26. The van der Waals surface area contributed by atoms with Gasteiger partial charge in [-0.25, -0.2) is 4.79 Å². The molecule has 3 aromatic rings. The fraction of sp³-hybridized carbons (Fsp3) is 0.167. The average Bonchev–Trinajstić information content (AvgIpc) is 2.48. The Morgan fingerprint density at radius 1 is 1.05 bits per heavy atom. The van der Waals surface area contributed by atoms with Gasteiger partial charge in [-0.05, 0) is 24.6 Å². The van der Waals surface area contributed by atoms with Crippen molar-refractivity contribution in [2.24, 2.45) is 0 Å². The number of rotatable bonds is 2. The molecule has 1 N–H and O–H groups in total. The molecule has 3 rings (SSSR count). The van der Waals surface area contributed by atoms with Gasteiger partial charge in [-0.3, -0.25) is 0 Å². The van der Waals surface area contributed by atoms with Crippen LogP contribution in [0.4, 0.5) is 0 Å². The van der Waals surface area contributed by atoms with Crippen LogP contribution in [0.2, 0.25) is 0 Å². The van der Waals surface area contributed by atoms with Crippen LogP contribution >= 0.6 is 0 Å². The maximum absolute atomic E-state index is 12.2. The molecule has 0 aliphatic rings. The molecule has 1 atom stereocenters. The van der Waals surface area contributed by atoms with Crippen molar-refractivity contribution in [1.82, 2.24) is 0 Å². The van der Waals surface area contributed by atoms with Crippen molar-refractivity contribution in [3.8, 4) is 5.75 Å². The molecule has 3 nitrogen and oxygen atoms in total. The molecule has 1 heterocycles. The van der Waals surface area contributed by atoms with E-state index in [9.17, 15) is 9.90 Å². The SMILES string of the molecule is Cc1ccc(C(C)c2c(O)c3ccccc3oc2=O)cc1. The molecule has 0 spiro atoms. The van der Waals surface area contributed by atoms with Crippen LogP contribution in [-0.2, 0) is 0 Å². The molecule has 3 heteroatoms. The molecule has 21 heavy (non-hydrogen) atoms. The summed E-state index contributed by atoms with van der Waals surface area (Å²) in [5.41, 5.74) is 2.34. The van der Waals surface area contributed by atoms with E-state index in [4.69, 9.17) is 4.42 Å². The summed E-state index contributed by atoms with van der Waals surface area (Å²) in [5.74, 6) is -0.221. The summed E-state index contributed by atoms with van der Waals surface area (Å²) < 4.78 is 5.32. The van der Waals surface area contributed by atoms with E-state index in [-0.39, 0.29) is 11.7 Å². The largest absolute Gasteiger partial charge is 0.507 e. The first-order valence-corrected chi connectivity index (χ1v) is 6.89. The molecule has 0 saturated heterocycles. The Balaban J connectivity index is 2.20. The number of hydrogen-bond acceptors (Lipinski definition) is 3. The zero-order valence-corrected chi connectivity index (χ0v) is 12.0. The van der Waals surface area contributed by atoms with Crippen LogP contribution in [0.15, 0.2) is 57.7 Å². The van der Waals surface area contributed by atoms with Crippen molar-refractivity contribution in [2.75, 3.05) is 0 Å². The van der Waals surface area contributed by atoms with Gasteiger partial charge in [0.15, 0.2) is 0 Å². The van der Waals surface area contributed by atoms with E-state index in [1.54, 1.807) is 18.2 Å².